The fraction of sp³-hybridized carbons (Fsp3) is 0.188. The van der Waals surface area contributed by atoms with Gasteiger partial charge in [0.15, 0.2) is 0 Å². The summed E-state index contributed by atoms with van der Waals surface area (Å²) in [5.41, 5.74) is 1.69. The lowest BCUT2D eigenvalue weighted by Crippen LogP contribution is -2.34. The number of ether oxygens (including phenoxy) is 1. The highest BCUT2D eigenvalue weighted by Crippen LogP contribution is 2.13. The molecular weight excluding hydrogens is 326 g/mol. The first-order valence-electron chi connectivity index (χ1n) is 7.34. The summed E-state index contributed by atoms with van der Waals surface area (Å²) in [4.78, 5) is 11.8. The van der Waals surface area contributed by atoms with Gasteiger partial charge in [-0.05, 0) is 35.2 Å². The maximum atomic E-state index is 11.8. The number of aromatic nitrogens is 3. The second-order valence-corrected chi connectivity index (χ2v) is 5.92. The molecule has 3 aromatic rings. The van der Waals surface area contributed by atoms with Crippen LogP contribution in [0.15, 0.2) is 48.0 Å². The Hall–Kier alpha value is -2.87. The Kier molecular flexibility index (Phi) is 5.07. The summed E-state index contributed by atoms with van der Waals surface area (Å²) < 4.78 is 6.79. The Balaban J connectivity index is 1.45. The number of nitrogens with zero attached hydrogens (tertiary/aromatic N) is 3. The number of thiophene rings is 1. The van der Waals surface area contributed by atoms with Gasteiger partial charge in [0.05, 0.1) is 19.9 Å². The molecule has 0 radical (unpaired) electrons. The van der Waals surface area contributed by atoms with Crippen molar-refractivity contribution < 1.29 is 9.53 Å². The van der Waals surface area contributed by atoms with Crippen LogP contribution in [0.4, 0.5) is 4.79 Å². The maximum absolute atomic E-state index is 11.8. The number of carbonyl (C=O) groups is 1. The lowest BCUT2D eigenvalue weighted by atomic mass is 10.2. The summed E-state index contributed by atoms with van der Waals surface area (Å²) >= 11 is 1.57. The van der Waals surface area contributed by atoms with Crippen molar-refractivity contribution in [1.29, 1.82) is 0 Å². The predicted molar refractivity (Wildman–Crippen MR) is 91.3 cm³/mol. The zero-order valence-electron chi connectivity index (χ0n) is 13.1. The first-order chi connectivity index (χ1) is 11.7. The molecule has 0 unspecified atom stereocenters. The van der Waals surface area contributed by atoms with Crippen molar-refractivity contribution in [3.8, 4) is 10.8 Å². The summed E-state index contributed by atoms with van der Waals surface area (Å²) in [6.45, 7) is 0.761. The van der Waals surface area contributed by atoms with Crippen LogP contribution in [0.3, 0.4) is 0 Å². The van der Waals surface area contributed by atoms with E-state index in [4.69, 9.17) is 4.74 Å². The van der Waals surface area contributed by atoms with Crippen LogP contribution in [0.1, 0.15) is 11.3 Å². The first kappa shape index (κ1) is 16.0. The Labute approximate surface area is 143 Å². The fourth-order valence-electron chi connectivity index (χ4n) is 2.05. The van der Waals surface area contributed by atoms with Crippen molar-refractivity contribution in [1.82, 2.24) is 25.6 Å². The molecule has 0 saturated heterocycles. The normalized spacial score (nSPS) is 10.4. The van der Waals surface area contributed by atoms with Crippen LogP contribution in [0.25, 0.3) is 5.00 Å². The van der Waals surface area contributed by atoms with Gasteiger partial charge in [-0.2, -0.15) is 0 Å². The van der Waals surface area contributed by atoms with E-state index in [1.807, 2.05) is 41.8 Å². The number of nitrogens with one attached hydrogen (secondary N) is 2. The molecule has 0 fully saturated rings. The van der Waals surface area contributed by atoms with Crippen LogP contribution in [0.2, 0.25) is 0 Å². The highest BCUT2D eigenvalue weighted by molar-refractivity contribution is 7.12. The molecule has 7 nitrogen and oxygen atoms in total. The van der Waals surface area contributed by atoms with E-state index in [9.17, 15) is 4.79 Å². The van der Waals surface area contributed by atoms with Gasteiger partial charge in [-0.25, -0.2) is 9.48 Å². The van der Waals surface area contributed by atoms with Crippen LogP contribution in [-0.4, -0.2) is 28.1 Å². The summed E-state index contributed by atoms with van der Waals surface area (Å²) in [6.07, 6.45) is 1.80. The molecule has 0 saturated carbocycles. The average Bonchev–Trinajstić information content (AvgIpc) is 3.29. The van der Waals surface area contributed by atoms with Gasteiger partial charge in [-0.3, -0.25) is 0 Å². The lowest BCUT2D eigenvalue weighted by molar-refractivity contribution is 0.240. The predicted octanol–water partition coefficient (Wildman–Crippen LogP) is 2.34. The van der Waals surface area contributed by atoms with E-state index in [0.29, 0.717) is 18.8 Å². The third-order valence-corrected chi connectivity index (χ3v) is 4.17. The number of rotatable bonds is 6. The lowest BCUT2D eigenvalue weighted by Gasteiger charge is -2.07. The van der Waals surface area contributed by atoms with E-state index >= 15 is 0 Å². The van der Waals surface area contributed by atoms with E-state index in [1.54, 1.807) is 29.3 Å². The molecular formula is C16H17N5O2S. The molecule has 0 spiro atoms. The van der Waals surface area contributed by atoms with Gasteiger partial charge in [0, 0.05) is 6.54 Å². The van der Waals surface area contributed by atoms with Crippen LogP contribution in [0.5, 0.6) is 5.75 Å². The van der Waals surface area contributed by atoms with Gasteiger partial charge in [-0.1, -0.05) is 17.3 Å². The van der Waals surface area contributed by atoms with Crippen molar-refractivity contribution >= 4 is 17.4 Å². The summed E-state index contributed by atoms with van der Waals surface area (Å²) in [7, 11) is 1.62. The molecule has 2 amide bonds. The highest BCUT2D eigenvalue weighted by Gasteiger charge is 2.06. The first-order valence-corrected chi connectivity index (χ1v) is 8.22. The zero-order valence-corrected chi connectivity index (χ0v) is 13.9. The van der Waals surface area contributed by atoms with Crippen molar-refractivity contribution in [2.75, 3.05) is 7.11 Å². The van der Waals surface area contributed by atoms with Crippen LogP contribution >= 0.6 is 11.3 Å². The minimum Gasteiger partial charge on any atom is -0.497 e. The Bertz CT molecular complexity index is 783. The molecule has 0 aliphatic carbocycles. The van der Waals surface area contributed by atoms with Gasteiger partial charge in [0.25, 0.3) is 0 Å². The van der Waals surface area contributed by atoms with Gasteiger partial charge in [0.1, 0.15) is 16.4 Å². The standard InChI is InChI=1S/C16H17N5O2S/c1-23-14-6-4-12(5-7-14)9-17-16(22)18-10-13-11-21(20-19-13)15-3-2-8-24-15/h2-8,11H,9-10H2,1H3,(H2,17,18,22). The number of carbonyl (C=O) groups excluding carboxylic acids is 1. The van der Waals surface area contributed by atoms with Crippen molar-refractivity contribution in [2.45, 2.75) is 13.1 Å². The minimum atomic E-state index is -0.253. The molecule has 0 aliphatic heterocycles. The van der Waals surface area contributed by atoms with E-state index in [-0.39, 0.29) is 6.03 Å². The number of methoxy groups -OCH3 is 1. The molecule has 2 N–H and O–H groups in total. The second kappa shape index (κ2) is 7.60. The fourth-order valence-corrected chi connectivity index (χ4v) is 2.70. The van der Waals surface area contributed by atoms with Crippen molar-refractivity contribution in [3.05, 3.63) is 59.2 Å². The minimum absolute atomic E-state index is 0.253. The monoisotopic (exact) mass is 343 g/mol. The van der Waals surface area contributed by atoms with E-state index in [1.165, 1.54) is 0 Å². The summed E-state index contributed by atoms with van der Waals surface area (Å²) in [5, 5.41) is 16.6. The number of hydrogen-bond donors (Lipinski definition) is 2. The van der Waals surface area contributed by atoms with Crippen molar-refractivity contribution in [2.24, 2.45) is 0 Å². The van der Waals surface area contributed by atoms with Gasteiger partial charge in [0.2, 0.25) is 0 Å². The molecule has 0 aliphatic rings. The summed E-state index contributed by atoms with van der Waals surface area (Å²) in [5.74, 6) is 0.789. The van der Waals surface area contributed by atoms with Crippen LogP contribution in [0, 0.1) is 0 Å². The SMILES string of the molecule is COc1ccc(CNC(=O)NCc2cn(-c3cccs3)nn2)cc1. The second-order valence-electron chi connectivity index (χ2n) is 4.99. The Morgan fingerprint density at radius 3 is 2.71 bits per heavy atom. The highest BCUT2D eigenvalue weighted by atomic mass is 32.1. The average molecular weight is 343 g/mol. The molecule has 1 aromatic carbocycles. The van der Waals surface area contributed by atoms with E-state index in [0.717, 1.165) is 16.3 Å². The molecule has 2 heterocycles. The molecule has 124 valence electrons. The third-order valence-electron chi connectivity index (χ3n) is 3.31. The van der Waals surface area contributed by atoms with E-state index in [2.05, 4.69) is 20.9 Å². The van der Waals surface area contributed by atoms with E-state index < -0.39 is 0 Å². The molecule has 0 atom stereocenters. The van der Waals surface area contributed by atoms with Gasteiger partial charge < -0.3 is 15.4 Å². The van der Waals surface area contributed by atoms with Crippen LogP contribution in [-0.2, 0) is 13.1 Å². The van der Waals surface area contributed by atoms with Gasteiger partial charge in [-0.15, -0.1) is 16.4 Å². The van der Waals surface area contributed by atoms with Crippen molar-refractivity contribution in [3.63, 3.8) is 0 Å². The topological polar surface area (TPSA) is 81.1 Å². The maximum Gasteiger partial charge on any atom is 0.315 e. The smallest absolute Gasteiger partial charge is 0.315 e. The molecule has 24 heavy (non-hydrogen) atoms. The molecule has 3 rings (SSSR count). The number of urea groups is 1. The number of hydrogen-bond acceptors (Lipinski definition) is 5. The number of amides is 2. The summed E-state index contributed by atoms with van der Waals surface area (Å²) in [6, 6.07) is 11.2. The quantitative estimate of drug-likeness (QED) is 0.720. The molecule has 0 bridgehead atoms. The Morgan fingerprint density at radius 2 is 2.00 bits per heavy atom. The molecule has 8 heteroatoms. The molecule has 2 aromatic heterocycles. The Morgan fingerprint density at radius 1 is 1.21 bits per heavy atom. The largest absolute Gasteiger partial charge is 0.497 e. The van der Waals surface area contributed by atoms with Crippen LogP contribution < -0.4 is 15.4 Å². The van der Waals surface area contributed by atoms with Gasteiger partial charge >= 0.3 is 6.03 Å². The number of benzene rings is 1. The third kappa shape index (κ3) is 4.11. The zero-order chi connectivity index (χ0) is 16.8.